The van der Waals surface area contributed by atoms with E-state index in [1.807, 2.05) is 6.20 Å². The van der Waals surface area contributed by atoms with E-state index in [0.717, 1.165) is 24.9 Å². The van der Waals surface area contributed by atoms with E-state index in [0.29, 0.717) is 17.5 Å². The Morgan fingerprint density at radius 1 is 1.25 bits per heavy atom. The number of nitrogens with zero attached hydrogens (tertiary/aromatic N) is 5. The van der Waals surface area contributed by atoms with Gasteiger partial charge in [-0.3, -0.25) is 9.48 Å². The van der Waals surface area contributed by atoms with Crippen LogP contribution in [0, 0.1) is 5.41 Å². The molecule has 2 aromatic heterocycles. The number of aromatic nitrogens is 4. The minimum absolute atomic E-state index is 0.281. The fraction of sp³-hybridized carbons (Fsp3) is 0.542. The third-order valence-corrected chi connectivity index (χ3v) is 8.09. The van der Waals surface area contributed by atoms with E-state index in [-0.39, 0.29) is 10.6 Å². The van der Waals surface area contributed by atoms with E-state index in [1.165, 1.54) is 55.4 Å². The molecule has 0 atom stereocenters. The summed E-state index contributed by atoms with van der Waals surface area (Å²) in [5.41, 5.74) is 3.63. The van der Waals surface area contributed by atoms with Gasteiger partial charge in [0.25, 0.3) is 5.56 Å². The van der Waals surface area contributed by atoms with Crippen LogP contribution >= 0.6 is 11.6 Å². The number of anilines is 1. The molecule has 2 saturated carbocycles. The van der Waals surface area contributed by atoms with E-state index >= 15 is 0 Å². The highest BCUT2D eigenvalue weighted by atomic mass is 35.5. The molecule has 3 aromatic rings. The summed E-state index contributed by atoms with van der Waals surface area (Å²) in [6.07, 6.45) is 10.5. The molecular formula is C24H29ClN6O. The van der Waals surface area contributed by atoms with Crippen molar-refractivity contribution in [2.45, 2.75) is 50.6 Å². The van der Waals surface area contributed by atoms with Crippen LogP contribution in [0.5, 0.6) is 0 Å². The first-order valence-electron chi connectivity index (χ1n) is 11.7. The lowest BCUT2D eigenvalue weighted by molar-refractivity contribution is -0.0715. The van der Waals surface area contributed by atoms with Gasteiger partial charge < -0.3 is 9.80 Å². The van der Waals surface area contributed by atoms with Crippen molar-refractivity contribution in [2.24, 2.45) is 5.41 Å². The summed E-state index contributed by atoms with van der Waals surface area (Å²) in [5, 5.41) is 12.4. The number of aryl methyl sites for hydroxylation is 1. The smallest absolute Gasteiger partial charge is 0.283 e. The van der Waals surface area contributed by atoms with Gasteiger partial charge >= 0.3 is 0 Å². The van der Waals surface area contributed by atoms with Crippen LogP contribution < -0.4 is 10.5 Å². The number of likely N-dealkylation sites (tertiary alicyclic amines) is 1. The van der Waals surface area contributed by atoms with Gasteiger partial charge in [0, 0.05) is 37.3 Å². The van der Waals surface area contributed by atoms with Gasteiger partial charge in [-0.2, -0.15) is 10.2 Å². The number of rotatable bonds is 7. The van der Waals surface area contributed by atoms with Crippen LogP contribution in [0.3, 0.4) is 0 Å². The summed E-state index contributed by atoms with van der Waals surface area (Å²) in [6.45, 7) is 3.42. The molecule has 168 valence electrons. The van der Waals surface area contributed by atoms with E-state index in [9.17, 15) is 4.79 Å². The molecule has 6 rings (SSSR count). The SMILES string of the molecule is CN(c1ccc2cnn(C3CC3)c2c1)C1CC2(C1)CN(CCCc1cn[nH]c(=O)c1Cl)C2. The molecule has 1 N–H and O–H groups in total. The highest BCUT2D eigenvalue weighted by Crippen LogP contribution is 2.50. The van der Waals surface area contributed by atoms with Crippen LogP contribution in [0.2, 0.25) is 5.02 Å². The van der Waals surface area contributed by atoms with Gasteiger partial charge in [-0.15, -0.1) is 0 Å². The maximum Gasteiger partial charge on any atom is 0.283 e. The lowest BCUT2D eigenvalue weighted by atomic mass is 9.60. The van der Waals surface area contributed by atoms with Crippen LogP contribution in [0.15, 0.2) is 35.4 Å². The second-order valence-corrected chi connectivity index (χ2v) is 10.5. The van der Waals surface area contributed by atoms with Crippen LogP contribution in [-0.4, -0.2) is 57.6 Å². The number of fused-ring (bicyclic) bond motifs is 1. The monoisotopic (exact) mass is 452 g/mol. The molecule has 0 radical (unpaired) electrons. The Morgan fingerprint density at radius 2 is 2.06 bits per heavy atom. The molecule has 7 nitrogen and oxygen atoms in total. The Bertz CT molecular complexity index is 1200. The zero-order valence-corrected chi connectivity index (χ0v) is 19.2. The molecule has 3 fully saturated rings. The highest BCUT2D eigenvalue weighted by Gasteiger charge is 2.53. The Kier molecular flexibility index (Phi) is 4.80. The highest BCUT2D eigenvalue weighted by molar-refractivity contribution is 6.31. The van der Waals surface area contributed by atoms with E-state index in [4.69, 9.17) is 11.6 Å². The normalized spacial score (nSPS) is 20.4. The molecule has 1 spiro atoms. The Balaban J connectivity index is 1.00. The summed E-state index contributed by atoms with van der Waals surface area (Å²) in [5.74, 6) is 0. The van der Waals surface area contributed by atoms with Crippen molar-refractivity contribution in [3.8, 4) is 0 Å². The van der Waals surface area contributed by atoms with Crippen LogP contribution in [0.4, 0.5) is 5.69 Å². The van der Waals surface area contributed by atoms with Crippen LogP contribution in [0.1, 0.15) is 43.7 Å². The third kappa shape index (κ3) is 3.52. The summed E-state index contributed by atoms with van der Waals surface area (Å²) < 4.78 is 2.22. The Labute approximate surface area is 192 Å². The number of aromatic amines is 1. The summed E-state index contributed by atoms with van der Waals surface area (Å²) in [4.78, 5) is 16.6. The zero-order chi connectivity index (χ0) is 21.9. The maximum atomic E-state index is 11.6. The molecule has 2 aliphatic carbocycles. The number of halogens is 1. The van der Waals surface area contributed by atoms with Crippen molar-refractivity contribution in [3.05, 3.63) is 51.5 Å². The fourth-order valence-corrected chi connectivity index (χ4v) is 5.87. The quantitative estimate of drug-likeness (QED) is 0.592. The molecule has 0 unspecified atom stereocenters. The van der Waals surface area contributed by atoms with Gasteiger partial charge in [0.05, 0.1) is 24.0 Å². The summed E-state index contributed by atoms with van der Waals surface area (Å²) in [6, 6.07) is 8.01. The van der Waals surface area contributed by atoms with E-state index < -0.39 is 0 Å². The molecular weight excluding hydrogens is 424 g/mol. The van der Waals surface area contributed by atoms with Gasteiger partial charge in [-0.05, 0) is 74.2 Å². The van der Waals surface area contributed by atoms with E-state index in [1.54, 1.807) is 6.20 Å². The molecule has 32 heavy (non-hydrogen) atoms. The van der Waals surface area contributed by atoms with Gasteiger partial charge in [-0.1, -0.05) is 11.6 Å². The number of H-pyrrole nitrogens is 1. The first kappa shape index (κ1) is 20.2. The Morgan fingerprint density at radius 3 is 2.84 bits per heavy atom. The minimum atomic E-state index is -0.298. The standard InChI is InChI=1S/C24H29ClN6O/c1-29(19-5-4-16-13-27-31(18-6-7-18)21(16)9-19)20-10-24(11-20)14-30(15-24)8-2-3-17-12-26-28-23(32)22(17)25/h4-5,9,12-13,18,20H,2-3,6-8,10-11,14-15H2,1H3,(H,28,32). The average molecular weight is 453 g/mol. The lowest BCUT2D eigenvalue weighted by Gasteiger charge is -2.61. The molecule has 1 saturated heterocycles. The third-order valence-electron chi connectivity index (χ3n) is 7.67. The number of hydrogen-bond acceptors (Lipinski definition) is 5. The first-order chi connectivity index (χ1) is 15.5. The molecule has 0 amide bonds. The van der Waals surface area contributed by atoms with Crippen molar-refractivity contribution >= 4 is 28.2 Å². The molecule has 8 heteroatoms. The first-order valence-corrected chi connectivity index (χ1v) is 12.0. The molecule has 1 aliphatic heterocycles. The van der Waals surface area contributed by atoms with E-state index in [2.05, 4.69) is 55.0 Å². The Hall–Kier alpha value is -2.38. The van der Waals surface area contributed by atoms with Gasteiger partial charge in [-0.25, -0.2) is 5.10 Å². The maximum absolute atomic E-state index is 11.6. The second-order valence-electron chi connectivity index (χ2n) is 10.1. The van der Waals surface area contributed by atoms with Crippen molar-refractivity contribution in [2.75, 3.05) is 31.6 Å². The number of benzene rings is 1. The molecule has 3 heterocycles. The number of nitrogens with one attached hydrogen (secondary N) is 1. The molecule has 0 bridgehead atoms. The van der Waals surface area contributed by atoms with Gasteiger partial charge in [0.1, 0.15) is 5.02 Å². The van der Waals surface area contributed by atoms with Crippen LogP contribution in [0.25, 0.3) is 10.9 Å². The van der Waals surface area contributed by atoms with Crippen molar-refractivity contribution in [1.29, 1.82) is 0 Å². The topological polar surface area (TPSA) is 70.1 Å². The van der Waals surface area contributed by atoms with Crippen molar-refractivity contribution < 1.29 is 0 Å². The average Bonchev–Trinajstić information content (AvgIpc) is 3.49. The molecule has 1 aromatic carbocycles. The summed E-state index contributed by atoms with van der Waals surface area (Å²) in [7, 11) is 2.24. The minimum Gasteiger partial charge on any atom is -0.372 e. The van der Waals surface area contributed by atoms with Crippen LogP contribution in [-0.2, 0) is 6.42 Å². The predicted molar refractivity (Wildman–Crippen MR) is 126 cm³/mol. The van der Waals surface area contributed by atoms with Crippen molar-refractivity contribution in [1.82, 2.24) is 24.9 Å². The summed E-state index contributed by atoms with van der Waals surface area (Å²) >= 11 is 6.08. The van der Waals surface area contributed by atoms with Gasteiger partial charge in [0.15, 0.2) is 0 Å². The second kappa shape index (κ2) is 7.59. The van der Waals surface area contributed by atoms with Gasteiger partial charge in [0.2, 0.25) is 0 Å². The fourth-order valence-electron chi connectivity index (χ4n) is 5.69. The molecule has 3 aliphatic rings. The lowest BCUT2D eigenvalue weighted by Crippen LogP contribution is -2.66. The largest absolute Gasteiger partial charge is 0.372 e. The zero-order valence-electron chi connectivity index (χ0n) is 18.4. The number of hydrogen-bond donors (Lipinski definition) is 1. The van der Waals surface area contributed by atoms with Crippen molar-refractivity contribution in [3.63, 3.8) is 0 Å². The predicted octanol–water partition coefficient (Wildman–Crippen LogP) is 3.64.